The molecule has 2 unspecified atom stereocenters. The average molecular weight is 176 g/mol. The summed E-state index contributed by atoms with van der Waals surface area (Å²) in [7, 11) is -2.24. The Labute approximate surface area is 69.9 Å². The highest BCUT2D eigenvalue weighted by Crippen LogP contribution is 2.35. The number of hydrogen-bond donors (Lipinski definition) is 1. The van der Waals surface area contributed by atoms with Gasteiger partial charge >= 0.3 is 0 Å². The van der Waals surface area contributed by atoms with Crippen molar-refractivity contribution in [2.45, 2.75) is 44.3 Å². The van der Waals surface area contributed by atoms with E-state index in [0.29, 0.717) is 5.92 Å². The maximum Gasteiger partial charge on any atom is 0.145 e. The van der Waals surface area contributed by atoms with E-state index in [1.807, 2.05) is 13.8 Å². The van der Waals surface area contributed by atoms with Gasteiger partial charge < -0.3 is 0 Å². The normalized spacial score (nSPS) is 39.4. The van der Waals surface area contributed by atoms with Crippen LogP contribution in [0.25, 0.3) is 0 Å². The number of hydrogen-bond acceptors (Lipinski definition) is 2. The molecule has 0 radical (unpaired) electrons. The van der Waals surface area contributed by atoms with E-state index in [-0.39, 0.29) is 0 Å². The summed E-state index contributed by atoms with van der Waals surface area (Å²) in [6.45, 7) is 3.92. The van der Waals surface area contributed by atoms with E-state index in [0.717, 1.165) is 19.3 Å². The molecule has 1 rings (SSSR count). The first-order valence-electron chi connectivity index (χ1n) is 4.22. The minimum Gasteiger partial charge on any atom is -0.231 e. The Bertz CT molecular complexity index is 202. The summed E-state index contributed by atoms with van der Waals surface area (Å²) in [6.07, 6.45) is 4.19. The molecule has 0 heterocycles. The summed E-state index contributed by atoms with van der Waals surface area (Å²) in [6, 6.07) is 0. The van der Waals surface area contributed by atoms with Crippen molar-refractivity contribution in [2.24, 2.45) is 5.92 Å². The Kier molecular flexibility index (Phi) is 2.58. The lowest BCUT2D eigenvalue weighted by Crippen LogP contribution is -2.37. The molecule has 3 heteroatoms. The monoisotopic (exact) mass is 176 g/mol. The Hall–Kier alpha value is -0.0500. The minimum absolute atomic E-state index is 0.345. The van der Waals surface area contributed by atoms with Crippen molar-refractivity contribution in [1.29, 1.82) is 0 Å². The van der Waals surface area contributed by atoms with Gasteiger partial charge in [0, 0.05) is 0 Å². The van der Waals surface area contributed by atoms with E-state index in [4.69, 9.17) is 0 Å². The van der Waals surface area contributed by atoms with Gasteiger partial charge in [-0.3, -0.25) is 0 Å². The molecule has 0 aliphatic heterocycles. The zero-order valence-electron chi connectivity index (χ0n) is 7.17. The molecular formula is C8H16O2S. The van der Waals surface area contributed by atoms with Crippen molar-refractivity contribution in [3.63, 3.8) is 0 Å². The number of thiol groups is 1. The van der Waals surface area contributed by atoms with Crippen LogP contribution in [0.2, 0.25) is 0 Å². The molecule has 0 spiro atoms. The summed E-state index contributed by atoms with van der Waals surface area (Å²) in [5, 5.41) is 0. The molecule has 2 atom stereocenters. The maximum absolute atomic E-state index is 10.9. The zero-order chi connectivity index (χ0) is 8.48. The predicted molar refractivity (Wildman–Crippen MR) is 46.4 cm³/mol. The fourth-order valence-electron chi connectivity index (χ4n) is 1.76. The SMILES string of the molecule is CC1CCCCC1(C)[SH](=O)=O. The van der Waals surface area contributed by atoms with Crippen molar-refractivity contribution in [1.82, 2.24) is 0 Å². The Morgan fingerprint density at radius 2 is 2.00 bits per heavy atom. The van der Waals surface area contributed by atoms with Crippen LogP contribution in [0.4, 0.5) is 0 Å². The Morgan fingerprint density at radius 3 is 2.36 bits per heavy atom. The van der Waals surface area contributed by atoms with Crippen LogP contribution in [0.3, 0.4) is 0 Å². The van der Waals surface area contributed by atoms with Crippen molar-refractivity contribution >= 4 is 10.7 Å². The van der Waals surface area contributed by atoms with E-state index in [9.17, 15) is 8.42 Å². The third kappa shape index (κ3) is 1.58. The standard InChI is InChI=1S/C8H16O2S/c1-7-5-3-4-6-8(7,2)11(9)10/h7,11H,3-6H2,1-2H3. The van der Waals surface area contributed by atoms with Crippen LogP contribution < -0.4 is 0 Å². The van der Waals surface area contributed by atoms with Gasteiger partial charge in [-0.25, -0.2) is 8.42 Å². The fourth-order valence-corrected chi connectivity index (χ4v) is 2.59. The van der Waals surface area contributed by atoms with Crippen LogP contribution in [-0.2, 0) is 10.7 Å². The third-order valence-electron chi connectivity index (χ3n) is 3.05. The predicted octanol–water partition coefficient (Wildman–Crippen LogP) is 1.57. The van der Waals surface area contributed by atoms with Gasteiger partial charge in [-0.05, 0) is 25.7 Å². The van der Waals surface area contributed by atoms with Gasteiger partial charge in [0.25, 0.3) is 0 Å². The maximum atomic E-state index is 10.9. The van der Waals surface area contributed by atoms with E-state index < -0.39 is 15.5 Å². The van der Waals surface area contributed by atoms with Crippen LogP contribution in [-0.4, -0.2) is 13.2 Å². The highest BCUT2D eigenvalue weighted by Gasteiger charge is 2.36. The van der Waals surface area contributed by atoms with Gasteiger partial charge in [0.2, 0.25) is 0 Å². The molecule has 0 aromatic rings. The third-order valence-corrected chi connectivity index (χ3v) is 4.55. The summed E-state index contributed by atoms with van der Waals surface area (Å²) in [4.78, 5) is 0. The molecule has 2 nitrogen and oxygen atoms in total. The van der Waals surface area contributed by atoms with Gasteiger partial charge in [0.1, 0.15) is 10.7 Å². The smallest absolute Gasteiger partial charge is 0.145 e. The van der Waals surface area contributed by atoms with Gasteiger partial charge in [-0.2, -0.15) is 0 Å². The summed E-state index contributed by atoms with van der Waals surface area (Å²) >= 11 is 0. The quantitative estimate of drug-likeness (QED) is 0.615. The highest BCUT2D eigenvalue weighted by atomic mass is 32.2. The van der Waals surface area contributed by atoms with Crippen molar-refractivity contribution < 1.29 is 8.42 Å². The van der Waals surface area contributed by atoms with Gasteiger partial charge in [-0.1, -0.05) is 19.8 Å². The minimum atomic E-state index is -2.24. The highest BCUT2D eigenvalue weighted by molar-refractivity contribution is 7.74. The second-order valence-corrected chi connectivity index (χ2v) is 5.30. The second kappa shape index (κ2) is 3.13. The summed E-state index contributed by atoms with van der Waals surface area (Å²) in [5.74, 6) is 0.345. The molecule has 0 bridgehead atoms. The Morgan fingerprint density at radius 1 is 1.36 bits per heavy atom. The molecular weight excluding hydrogens is 160 g/mol. The van der Waals surface area contributed by atoms with Crippen LogP contribution in [0.5, 0.6) is 0 Å². The van der Waals surface area contributed by atoms with Gasteiger partial charge in [0.05, 0.1) is 4.75 Å². The molecule has 11 heavy (non-hydrogen) atoms. The lowest BCUT2D eigenvalue weighted by molar-refractivity contribution is 0.300. The van der Waals surface area contributed by atoms with E-state index in [2.05, 4.69) is 0 Å². The first-order chi connectivity index (χ1) is 5.07. The Balaban J connectivity index is 2.81. The van der Waals surface area contributed by atoms with Crippen LogP contribution in [0.1, 0.15) is 39.5 Å². The first kappa shape index (κ1) is 9.04. The van der Waals surface area contributed by atoms with Crippen molar-refractivity contribution in [3.05, 3.63) is 0 Å². The summed E-state index contributed by atoms with van der Waals surface area (Å²) in [5.41, 5.74) is 0. The molecule has 0 saturated heterocycles. The lowest BCUT2D eigenvalue weighted by Gasteiger charge is -2.34. The molecule has 0 amide bonds. The lowest BCUT2D eigenvalue weighted by atomic mass is 9.81. The molecule has 1 saturated carbocycles. The number of rotatable bonds is 1. The van der Waals surface area contributed by atoms with Crippen LogP contribution >= 0.6 is 0 Å². The van der Waals surface area contributed by atoms with E-state index >= 15 is 0 Å². The fraction of sp³-hybridized carbons (Fsp3) is 1.00. The second-order valence-electron chi connectivity index (χ2n) is 3.76. The molecule has 1 aliphatic carbocycles. The van der Waals surface area contributed by atoms with Crippen LogP contribution in [0, 0.1) is 5.92 Å². The molecule has 0 aromatic carbocycles. The first-order valence-corrected chi connectivity index (χ1v) is 5.39. The van der Waals surface area contributed by atoms with Gasteiger partial charge in [0.15, 0.2) is 0 Å². The van der Waals surface area contributed by atoms with Crippen molar-refractivity contribution in [2.75, 3.05) is 0 Å². The van der Waals surface area contributed by atoms with Crippen LogP contribution in [0.15, 0.2) is 0 Å². The van der Waals surface area contributed by atoms with E-state index in [1.165, 1.54) is 6.42 Å². The van der Waals surface area contributed by atoms with Crippen molar-refractivity contribution in [3.8, 4) is 0 Å². The van der Waals surface area contributed by atoms with E-state index in [1.54, 1.807) is 0 Å². The molecule has 66 valence electrons. The van der Waals surface area contributed by atoms with Gasteiger partial charge in [-0.15, -0.1) is 0 Å². The average Bonchev–Trinajstić information content (AvgIpc) is 1.95. The topological polar surface area (TPSA) is 34.1 Å². The molecule has 1 fully saturated rings. The molecule has 1 aliphatic rings. The largest absolute Gasteiger partial charge is 0.231 e. The zero-order valence-corrected chi connectivity index (χ0v) is 8.06. The summed E-state index contributed by atoms with van der Waals surface area (Å²) < 4.78 is 21.4. The molecule has 0 N–H and O–H groups in total. The molecule has 0 aromatic heterocycles.